The van der Waals surface area contributed by atoms with Crippen molar-refractivity contribution in [3.63, 3.8) is 0 Å². The van der Waals surface area contributed by atoms with E-state index in [0.29, 0.717) is 6.04 Å². The average Bonchev–Trinajstić information content (AvgIpc) is 3.22. The molecule has 98 valence electrons. The van der Waals surface area contributed by atoms with Gasteiger partial charge >= 0.3 is 0 Å². The van der Waals surface area contributed by atoms with Gasteiger partial charge in [-0.05, 0) is 54.2 Å². The highest BCUT2D eigenvalue weighted by Gasteiger charge is 2.20. The molecule has 0 radical (unpaired) electrons. The van der Waals surface area contributed by atoms with Crippen molar-refractivity contribution in [1.82, 2.24) is 5.32 Å². The van der Waals surface area contributed by atoms with E-state index >= 15 is 0 Å². The molecular weight excluding hydrogens is 237 g/mol. The third kappa shape index (κ3) is 2.85. The van der Waals surface area contributed by atoms with Crippen LogP contribution in [0.1, 0.15) is 24.0 Å². The fraction of sp³-hybridized carbons (Fsp3) is 0.294. The van der Waals surface area contributed by atoms with E-state index in [1.807, 2.05) is 18.2 Å². The summed E-state index contributed by atoms with van der Waals surface area (Å²) >= 11 is 0. The molecule has 1 aliphatic carbocycles. The van der Waals surface area contributed by atoms with Crippen molar-refractivity contribution in [1.29, 1.82) is 0 Å². The van der Waals surface area contributed by atoms with Crippen LogP contribution in [0.2, 0.25) is 0 Å². The van der Waals surface area contributed by atoms with Gasteiger partial charge in [0, 0.05) is 12.6 Å². The molecule has 0 aliphatic heterocycles. The summed E-state index contributed by atoms with van der Waals surface area (Å²) in [4.78, 5) is 0. The van der Waals surface area contributed by atoms with E-state index in [2.05, 4.69) is 24.4 Å². The van der Waals surface area contributed by atoms with Gasteiger partial charge in [0.2, 0.25) is 0 Å². The van der Waals surface area contributed by atoms with E-state index in [1.54, 1.807) is 12.1 Å². The lowest BCUT2D eigenvalue weighted by Crippen LogP contribution is -2.16. The van der Waals surface area contributed by atoms with Crippen LogP contribution in [0.4, 0.5) is 4.39 Å². The minimum absolute atomic E-state index is 0.162. The lowest BCUT2D eigenvalue weighted by Gasteiger charge is -2.13. The summed E-state index contributed by atoms with van der Waals surface area (Å²) < 4.78 is 13.5. The van der Waals surface area contributed by atoms with Gasteiger partial charge in [-0.15, -0.1) is 0 Å². The molecule has 19 heavy (non-hydrogen) atoms. The molecule has 1 fully saturated rings. The highest BCUT2D eigenvalue weighted by molar-refractivity contribution is 5.70. The molecule has 1 N–H and O–H groups in total. The van der Waals surface area contributed by atoms with Crippen LogP contribution in [0.5, 0.6) is 0 Å². The summed E-state index contributed by atoms with van der Waals surface area (Å²) in [5.41, 5.74) is 4.59. The topological polar surface area (TPSA) is 12.0 Å². The van der Waals surface area contributed by atoms with Crippen LogP contribution in [-0.4, -0.2) is 6.04 Å². The molecule has 1 saturated carbocycles. The summed E-state index contributed by atoms with van der Waals surface area (Å²) in [7, 11) is 0. The zero-order valence-electron chi connectivity index (χ0n) is 11.1. The minimum atomic E-state index is -0.162. The monoisotopic (exact) mass is 255 g/mol. The summed E-state index contributed by atoms with van der Waals surface area (Å²) in [5.74, 6) is -0.162. The molecule has 3 rings (SSSR count). The Hall–Kier alpha value is -1.67. The number of benzene rings is 2. The Morgan fingerprint density at radius 2 is 1.89 bits per heavy atom. The zero-order chi connectivity index (χ0) is 13.2. The van der Waals surface area contributed by atoms with Gasteiger partial charge < -0.3 is 5.32 Å². The van der Waals surface area contributed by atoms with Gasteiger partial charge in [0.1, 0.15) is 5.82 Å². The fourth-order valence-corrected chi connectivity index (χ4v) is 2.39. The molecular formula is C17H18FN. The highest BCUT2D eigenvalue weighted by Crippen LogP contribution is 2.28. The Morgan fingerprint density at radius 1 is 1.11 bits per heavy atom. The molecule has 2 aromatic rings. The first-order chi connectivity index (χ1) is 9.24. The van der Waals surface area contributed by atoms with E-state index in [1.165, 1.54) is 24.0 Å². The smallest absolute Gasteiger partial charge is 0.123 e. The second kappa shape index (κ2) is 5.14. The molecule has 0 unspecified atom stereocenters. The van der Waals surface area contributed by atoms with Gasteiger partial charge in [0.05, 0.1) is 0 Å². The first-order valence-electron chi connectivity index (χ1n) is 6.82. The lowest BCUT2D eigenvalue weighted by molar-refractivity contribution is 0.620. The van der Waals surface area contributed by atoms with E-state index in [0.717, 1.165) is 17.7 Å². The van der Waals surface area contributed by atoms with Crippen molar-refractivity contribution in [3.05, 3.63) is 59.4 Å². The SMILES string of the molecule is Cc1ccccc1-c1ccc(F)cc1CNC1CC1. The molecule has 2 aromatic carbocycles. The van der Waals surface area contributed by atoms with Gasteiger partial charge in [-0.1, -0.05) is 30.3 Å². The van der Waals surface area contributed by atoms with Gasteiger partial charge in [0.15, 0.2) is 0 Å². The summed E-state index contributed by atoms with van der Waals surface area (Å²) in [6.45, 7) is 2.84. The molecule has 0 aromatic heterocycles. The second-order valence-electron chi connectivity index (χ2n) is 5.27. The Bertz CT molecular complexity index is 588. The van der Waals surface area contributed by atoms with Crippen LogP contribution in [0.25, 0.3) is 11.1 Å². The molecule has 1 aliphatic rings. The van der Waals surface area contributed by atoms with Crippen molar-refractivity contribution < 1.29 is 4.39 Å². The fourth-order valence-electron chi connectivity index (χ4n) is 2.39. The Kier molecular flexibility index (Phi) is 3.34. The molecule has 0 heterocycles. The zero-order valence-corrected chi connectivity index (χ0v) is 11.1. The minimum Gasteiger partial charge on any atom is -0.310 e. The summed E-state index contributed by atoms with van der Waals surface area (Å²) in [6, 6.07) is 14.0. The van der Waals surface area contributed by atoms with Crippen LogP contribution in [-0.2, 0) is 6.54 Å². The van der Waals surface area contributed by atoms with E-state index in [-0.39, 0.29) is 5.82 Å². The number of rotatable bonds is 4. The third-order valence-electron chi connectivity index (χ3n) is 3.66. The van der Waals surface area contributed by atoms with Gasteiger partial charge in [-0.25, -0.2) is 4.39 Å². The summed E-state index contributed by atoms with van der Waals surface area (Å²) in [6.07, 6.45) is 2.49. The largest absolute Gasteiger partial charge is 0.310 e. The van der Waals surface area contributed by atoms with Crippen molar-refractivity contribution in [2.24, 2.45) is 0 Å². The van der Waals surface area contributed by atoms with Crippen LogP contribution in [0.3, 0.4) is 0 Å². The standard InChI is InChI=1S/C17H18FN/c1-12-4-2-3-5-16(12)17-9-6-14(18)10-13(17)11-19-15-7-8-15/h2-6,9-10,15,19H,7-8,11H2,1H3. The van der Waals surface area contributed by atoms with Crippen LogP contribution < -0.4 is 5.32 Å². The number of halogens is 1. The Morgan fingerprint density at radius 3 is 2.63 bits per heavy atom. The van der Waals surface area contributed by atoms with Crippen molar-refractivity contribution in [2.45, 2.75) is 32.4 Å². The molecule has 2 heteroatoms. The summed E-state index contributed by atoms with van der Waals surface area (Å²) in [5, 5.41) is 3.46. The molecule has 0 saturated heterocycles. The van der Waals surface area contributed by atoms with Crippen molar-refractivity contribution in [3.8, 4) is 11.1 Å². The molecule has 0 amide bonds. The molecule has 1 nitrogen and oxygen atoms in total. The maximum absolute atomic E-state index is 13.5. The van der Waals surface area contributed by atoms with Crippen LogP contribution >= 0.6 is 0 Å². The van der Waals surface area contributed by atoms with E-state index < -0.39 is 0 Å². The average molecular weight is 255 g/mol. The first-order valence-corrected chi connectivity index (χ1v) is 6.82. The number of hydrogen-bond acceptors (Lipinski definition) is 1. The first kappa shape index (κ1) is 12.4. The molecule has 0 bridgehead atoms. The Balaban J connectivity index is 1.96. The normalized spacial score (nSPS) is 14.6. The number of hydrogen-bond donors (Lipinski definition) is 1. The molecule has 0 spiro atoms. The van der Waals surface area contributed by atoms with Crippen LogP contribution in [0, 0.1) is 12.7 Å². The van der Waals surface area contributed by atoms with Crippen molar-refractivity contribution in [2.75, 3.05) is 0 Å². The maximum Gasteiger partial charge on any atom is 0.123 e. The third-order valence-corrected chi connectivity index (χ3v) is 3.66. The highest BCUT2D eigenvalue weighted by atomic mass is 19.1. The van der Waals surface area contributed by atoms with Gasteiger partial charge in [0.25, 0.3) is 0 Å². The van der Waals surface area contributed by atoms with Gasteiger partial charge in [-0.2, -0.15) is 0 Å². The lowest BCUT2D eigenvalue weighted by atomic mass is 9.96. The predicted molar refractivity (Wildman–Crippen MR) is 76.4 cm³/mol. The van der Waals surface area contributed by atoms with E-state index in [9.17, 15) is 4.39 Å². The van der Waals surface area contributed by atoms with Gasteiger partial charge in [-0.3, -0.25) is 0 Å². The quantitative estimate of drug-likeness (QED) is 0.869. The maximum atomic E-state index is 13.5. The second-order valence-corrected chi connectivity index (χ2v) is 5.27. The number of aryl methyl sites for hydroxylation is 1. The Labute approximate surface area is 113 Å². The van der Waals surface area contributed by atoms with E-state index in [4.69, 9.17) is 0 Å². The van der Waals surface area contributed by atoms with Crippen LogP contribution in [0.15, 0.2) is 42.5 Å². The molecule has 0 atom stereocenters. The number of nitrogens with one attached hydrogen (secondary N) is 1. The van der Waals surface area contributed by atoms with Crippen molar-refractivity contribution >= 4 is 0 Å². The predicted octanol–water partition coefficient (Wildman–Crippen LogP) is 4.05.